The monoisotopic (exact) mass is 498 g/mol. The van der Waals surface area contributed by atoms with Gasteiger partial charge in [0.25, 0.3) is 5.78 Å². The Bertz CT molecular complexity index is 1210. The van der Waals surface area contributed by atoms with E-state index in [4.69, 9.17) is 16.3 Å². The molecule has 1 atom stereocenters. The van der Waals surface area contributed by atoms with Crippen molar-refractivity contribution < 1.29 is 19.4 Å². The molecule has 31 heavy (non-hydrogen) atoms. The number of Topliss-reactive ketones (excluding diaryl/α,β-unsaturated/α-hetero) is 1. The second-order valence-electron chi connectivity index (χ2n) is 6.76. The van der Waals surface area contributed by atoms with E-state index in [1.54, 1.807) is 48.5 Å². The van der Waals surface area contributed by atoms with E-state index in [0.717, 1.165) is 4.47 Å². The number of aliphatic hydroxyl groups is 1. The average molecular weight is 500 g/mol. The van der Waals surface area contributed by atoms with Crippen LogP contribution < -0.4 is 9.64 Å². The van der Waals surface area contributed by atoms with Crippen LogP contribution in [0.25, 0.3) is 5.76 Å². The number of carbonyl (C=O) groups is 2. The maximum absolute atomic E-state index is 13.1. The SMILES string of the molecule is COc1ccc(C(O)=C2C(=O)C(=O)N(c3ccccn3)C2c2cccc(Br)c2)cc1Cl. The Morgan fingerprint density at radius 3 is 2.58 bits per heavy atom. The number of hydrogen-bond acceptors (Lipinski definition) is 5. The van der Waals surface area contributed by atoms with E-state index >= 15 is 0 Å². The van der Waals surface area contributed by atoms with E-state index in [0.29, 0.717) is 22.7 Å². The molecule has 2 aromatic carbocycles. The van der Waals surface area contributed by atoms with Crippen molar-refractivity contribution in [3.05, 3.63) is 93.1 Å². The van der Waals surface area contributed by atoms with Gasteiger partial charge in [0.05, 0.1) is 23.7 Å². The molecule has 1 aliphatic rings. The highest BCUT2D eigenvalue weighted by Gasteiger charge is 2.47. The van der Waals surface area contributed by atoms with Gasteiger partial charge in [0.2, 0.25) is 0 Å². The van der Waals surface area contributed by atoms with E-state index in [1.165, 1.54) is 24.3 Å². The number of ketones is 1. The Morgan fingerprint density at radius 1 is 1.13 bits per heavy atom. The first-order valence-corrected chi connectivity index (χ1v) is 10.4. The molecular weight excluding hydrogens is 484 g/mol. The Kier molecular flexibility index (Phi) is 5.80. The highest BCUT2D eigenvalue weighted by Crippen LogP contribution is 2.42. The third-order valence-corrected chi connectivity index (χ3v) is 5.72. The first-order chi connectivity index (χ1) is 14.9. The summed E-state index contributed by atoms with van der Waals surface area (Å²) in [5.41, 5.74) is 0.889. The van der Waals surface area contributed by atoms with Crippen LogP contribution in [-0.2, 0) is 9.59 Å². The second kappa shape index (κ2) is 8.53. The standard InChI is InChI=1S/C23H16BrClN2O4/c1-31-17-9-8-14(12-16(17)25)21(28)19-20(13-5-4-6-15(24)11-13)27(23(30)22(19)29)18-7-2-3-10-26-18/h2-12,20,28H,1H3. The normalized spacial score (nSPS) is 17.8. The fourth-order valence-corrected chi connectivity index (χ4v) is 4.20. The van der Waals surface area contributed by atoms with E-state index in [1.807, 2.05) is 6.07 Å². The lowest BCUT2D eigenvalue weighted by Gasteiger charge is -2.24. The van der Waals surface area contributed by atoms with Crippen LogP contribution in [0.1, 0.15) is 17.2 Å². The highest BCUT2D eigenvalue weighted by atomic mass is 79.9. The number of carbonyl (C=O) groups excluding carboxylic acids is 2. The number of hydrogen-bond donors (Lipinski definition) is 1. The smallest absolute Gasteiger partial charge is 0.301 e. The summed E-state index contributed by atoms with van der Waals surface area (Å²) in [6, 6.07) is 16.1. The van der Waals surface area contributed by atoms with Crippen LogP contribution in [0.2, 0.25) is 5.02 Å². The zero-order valence-corrected chi connectivity index (χ0v) is 18.6. The third kappa shape index (κ3) is 3.82. The summed E-state index contributed by atoms with van der Waals surface area (Å²) in [4.78, 5) is 31.6. The lowest BCUT2D eigenvalue weighted by molar-refractivity contribution is -0.132. The van der Waals surface area contributed by atoms with E-state index in [2.05, 4.69) is 20.9 Å². The molecule has 6 nitrogen and oxygen atoms in total. The van der Waals surface area contributed by atoms with E-state index in [9.17, 15) is 14.7 Å². The summed E-state index contributed by atoms with van der Waals surface area (Å²) < 4.78 is 5.92. The van der Waals surface area contributed by atoms with Crippen LogP contribution in [0.5, 0.6) is 5.75 Å². The minimum atomic E-state index is -0.867. The maximum Gasteiger partial charge on any atom is 0.301 e. The molecule has 1 aliphatic heterocycles. The van der Waals surface area contributed by atoms with Crippen LogP contribution in [0, 0.1) is 0 Å². The fraction of sp³-hybridized carbons (Fsp3) is 0.0870. The van der Waals surface area contributed by atoms with Crippen molar-refractivity contribution >= 4 is 50.8 Å². The number of benzene rings is 2. The molecule has 156 valence electrons. The van der Waals surface area contributed by atoms with E-state index in [-0.39, 0.29) is 16.4 Å². The van der Waals surface area contributed by atoms with Crippen molar-refractivity contribution in [2.24, 2.45) is 0 Å². The zero-order chi connectivity index (χ0) is 22.1. The lowest BCUT2D eigenvalue weighted by atomic mass is 9.95. The van der Waals surface area contributed by atoms with Crippen molar-refractivity contribution in [1.82, 2.24) is 4.98 Å². The quantitative estimate of drug-likeness (QED) is 0.306. The first kappa shape index (κ1) is 21.1. The number of pyridine rings is 1. The predicted octanol–water partition coefficient (Wildman–Crippen LogP) is 5.13. The summed E-state index contributed by atoms with van der Waals surface area (Å²) in [6.45, 7) is 0. The topological polar surface area (TPSA) is 79.7 Å². The van der Waals surface area contributed by atoms with Crippen molar-refractivity contribution in [2.45, 2.75) is 6.04 Å². The van der Waals surface area contributed by atoms with Gasteiger partial charge in [-0.3, -0.25) is 14.5 Å². The summed E-state index contributed by atoms with van der Waals surface area (Å²) in [5, 5.41) is 11.4. The molecule has 2 heterocycles. The van der Waals surface area contributed by atoms with Gasteiger partial charge in [-0.25, -0.2) is 4.98 Å². The molecule has 0 saturated carbocycles. The molecule has 1 amide bonds. The predicted molar refractivity (Wildman–Crippen MR) is 121 cm³/mol. The van der Waals surface area contributed by atoms with Gasteiger partial charge in [0.1, 0.15) is 17.3 Å². The summed E-state index contributed by atoms with van der Waals surface area (Å²) in [6.07, 6.45) is 1.54. The average Bonchev–Trinajstić information content (AvgIpc) is 3.04. The van der Waals surface area contributed by atoms with Gasteiger partial charge < -0.3 is 9.84 Å². The van der Waals surface area contributed by atoms with Gasteiger partial charge in [-0.2, -0.15) is 0 Å². The molecule has 1 fully saturated rings. The molecule has 0 spiro atoms. The number of methoxy groups -OCH3 is 1. The molecule has 1 saturated heterocycles. The largest absolute Gasteiger partial charge is 0.507 e. The number of ether oxygens (including phenoxy) is 1. The highest BCUT2D eigenvalue weighted by molar-refractivity contribution is 9.10. The van der Waals surface area contributed by atoms with Gasteiger partial charge in [0, 0.05) is 16.2 Å². The molecule has 0 radical (unpaired) electrons. The van der Waals surface area contributed by atoms with Gasteiger partial charge in [-0.15, -0.1) is 0 Å². The van der Waals surface area contributed by atoms with Gasteiger partial charge in [-0.1, -0.05) is 45.7 Å². The second-order valence-corrected chi connectivity index (χ2v) is 8.08. The number of aliphatic hydroxyl groups excluding tert-OH is 1. The third-order valence-electron chi connectivity index (χ3n) is 4.93. The molecule has 1 unspecified atom stereocenters. The summed E-state index contributed by atoms with van der Waals surface area (Å²) in [7, 11) is 1.48. The Hall–Kier alpha value is -3.16. The molecule has 4 rings (SSSR count). The van der Waals surface area contributed by atoms with Crippen LogP contribution in [0.15, 0.2) is 76.9 Å². The number of aromatic nitrogens is 1. The summed E-state index contributed by atoms with van der Waals surface area (Å²) >= 11 is 9.64. The minimum Gasteiger partial charge on any atom is -0.507 e. The molecular formula is C23H16BrClN2O4. The Labute approximate surface area is 191 Å². The molecule has 3 aromatic rings. The molecule has 1 N–H and O–H groups in total. The lowest BCUT2D eigenvalue weighted by Crippen LogP contribution is -2.30. The van der Waals surface area contributed by atoms with Crippen LogP contribution >= 0.6 is 27.5 Å². The Balaban J connectivity index is 1.94. The van der Waals surface area contributed by atoms with Crippen LogP contribution in [-0.4, -0.2) is 28.9 Å². The first-order valence-electron chi connectivity index (χ1n) is 9.23. The number of anilines is 1. The fourth-order valence-electron chi connectivity index (χ4n) is 3.53. The van der Waals surface area contributed by atoms with Crippen molar-refractivity contribution in [3.63, 3.8) is 0 Å². The zero-order valence-electron chi connectivity index (χ0n) is 16.3. The van der Waals surface area contributed by atoms with Crippen LogP contribution in [0.4, 0.5) is 5.82 Å². The minimum absolute atomic E-state index is 0.0463. The Morgan fingerprint density at radius 2 is 1.94 bits per heavy atom. The maximum atomic E-state index is 13.1. The van der Waals surface area contributed by atoms with Gasteiger partial charge >= 0.3 is 5.91 Å². The number of amides is 1. The molecule has 1 aromatic heterocycles. The van der Waals surface area contributed by atoms with Gasteiger partial charge in [0.15, 0.2) is 0 Å². The van der Waals surface area contributed by atoms with E-state index < -0.39 is 17.7 Å². The van der Waals surface area contributed by atoms with Crippen molar-refractivity contribution in [1.29, 1.82) is 0 Å². The molecule has 0 aliphatic carbocycles. The van der Waals surface area contributed by atoms with Crippen molar-refractivity contribution in [3.8, 4) is 5.75 Å². The van der Waals surface area contributed by atoms with Crippen molar-refractivity contribution in [2.75, 3.05) is 12.0 Å². The number of rotatable bonds is 4. The summed E-state index contributed by atoms with van der Waals surface area (Å²) in [5.74, 6) is -1.17. The number of nitrogens with zero attached hydrogens (tertiary/aromatic N) is 2. The van der Waals surface area contributed by atoms with Gasteiger partial charge in [-0.05, 0) is 48.0 Å². The number of halogens is 2. The van der Waals surface area contributed by atoms with Crippen LogP contribution in [0.3, 0.4) is 0 Å². The molecule has 8 heteroatoms. The molecule has 0 bridgehead atoms.